The van der Waals surface area contributed by atoms with Crippen LogP contribution in [0, 0.1) is 6.92 Å². The van der Waals surface area contributed by atoms with Gasteiger partial charge in [0.1, 0.15) is 0 Å². The molecule has 0 fully saturated rings. The average Bonchev–Trinajstić information content (AvgIpc) is 2.51. The van der Waals surface area contributed by atoms with E-state index >= 15 is 0 Å². The van der Waals surface area contributed by atoms with Crippen LogP contribution in [0.15, 0.2) is 42.5 Å². The van der Waals surface area contributed by atoms with E-state index in [1.807, 2.05) is 19.2 Å². The van der Waals surface area contributed by atoms with E-state index in [1.54, 1.807) is 7.11 Å². The van der Waals surface area contributed by atoms with E-state index in [4.69, 9.17) is 16.3 Å². The SMILES string of the molecule is CNC(c1ccc(CCOC)cc1)c1cccc(Cl)c1C. The Balaban J connectivity index is 2.27. The Hall–Kier alpha value is -1.35. The molecule has 0 heterocycles. The highest BCUT2D eigenvalue weighted by molar-refractivity contribution is 6.31. The molecule has 1 N–H and O–H groups in total. The third-order valence-corrected chi connectivity index (χ3v) is 4.23. The molecule has 2 aromatic carbocycles. The molecule has 1 unspecified atom stereocenters. The predicted molar refractivity (Wildman–Crippen MR) is 89.1 cm³/mol. The number of rotatable bonds is 6. The largest absolute Gasteiger partial charge is 0.384 e. The first kappa shape index (κ1) is 16.0. The van der Waals surface area contributed by atoms with Gasteiger partial charge in [0.2, 0.25) is 0 Å². The van der Waals surface area contributed by atoms with Gasteiger partial charge in [-0.3, -0.25) is 0 Å². The lowest BCUT2D eigenvalue weighted by Crippen LogP contribution is -2.18. The van der Waals surface area contributed by atoms with Crippen LogP contribution >= 0.6 is 11.6 Å². The molecule has 0 bridgehead atoms. The second kappa shape index (κ2) is 7.60. The fraction of sp³-hybridized carbons (Fsp3) is 0.333. The van der Waals surface area contributed by atoms with Crippen molar-refractivity contribution >= 4 is 11.6 Å². The molecule has 0 aliphatic heterocycles. The standard InChI is InChI=1S/C18H22ClNO/c1-13-16(5-4-6-17(13)19)18(20-2)15-9-7-14(8-10-15)11-12-21-3/h4-10,18,20H,11-12H2,1-3H3. The molecular formula is C18H22ClNO. The number of hydrogen-bond acceptors (Lipinski definition) is 2. The van der Waals surface area contributed by atoms with Crippen molar-refractivity contribution in [2.75, 3.05) is 20.8 Å². The van der Waals surface area contributed by atoms with Crippen LogP contribution in [0.3, 0.4) is 0 Å². The number of ether oxygens (including phenoxy) is 1. The molecule has 0 aromatic heterocycles. The summed E-state index contributed by atoms with van der Waals surface area (Å²) in [5.41, 5.74) is 4.87. The molecule has 0 saturated carbocycles. The monoisotopic (exact) mass is 303 g/mol. The zero-order valence-electron chi connectivity index (χ0n) is 12.8. The fourth-order valence-corrected chi connectivity index (χ4v) is 2.72. The van der Waals surface area contributed by atoms with Gasteiger partial charge in [0.25, 0.3) is 0 Å². The number of nitrogens with one attached hydrogen (secondary N) is 1. The van der Waals surface area contributed by atoms with Crippen molar-refractivity contribution in [1.29, 1.82) is 0 Å². The number of halogens is 1. The highest BCUT2D eigenvalue weighted by Crippen LogP contribution is 2.28. The van der Waals surface area contributed by atoms with E-state index in [-0.39, 0.29) is 6.04 Å². The highest BCUT2D eigenvalue weighted by atomic mass is 35.5. The molecule has 3 heteroatoms. The Labute approximate surface area is 132 Å². The van der Waals surface area contributed by atoms with Crippen molar-refractivity contribution in [3.63, 3.8) is 0 Å². The minimum atomic E-state index is 0.153. The summed E-state index contributed by atoms with van der Waals surface area (Å²) < 4.78 is 5.12. The summed E-state index contributed by atoms with van der Waals surface area (Å²) in [6, 6.07) is 14.9. The molecule has 2 nitrogen and oxygen atoms in total. The zero-order chi connectivity index (χ0) is 15.2. The molecular weight excluding hydrogens is 282 g/mol. The van der Waals surface area contributed by atoms with Crippen molar-refractivity contribution in [2.24, 2.45) is 0 Å². The normalized spacial score (nSPS) is 12.4. The van der Waals surface area contributed by atoms with Crippen LogP contribution in [-0.2, 0) is 11.2 Å². The smallest absolute Gasteiger partial charge is 0.0577 e. The van der Waals surface area contributed by atoms with E-state index in [2.05, 4.69) is 42.6 Å². The Bertz CT molecular complexity index is 580. The predicted octanol–water partition coefficient (Wildman–Crippen LogP) is 4.15. The zero-order valence-corrected chi connectivity index (χ0v) is 13.6. The first-order valence-electron chi connectivity index (χ1n) is 7.17. The molecule has 0 aliphatic rings. The van der Waals surface area contributed by atoms with E-state index < -0.39 is 0 Å². The van der Waals surface area contributed by atoms with Gasteiger partial charge in [-0.1, -0.05) is 48.0 Å². The molecule has 0 aliphatic carbocycles. The Morgan fingerprint density at radius 3 is 2.48 bits per heavy atom. The summed E-state index contributed by atoms with van der Waals surface area (Å²) in [5.74, 6) is 0. The van der Waals surface area contributed by atoms with Crippen molar-refractivity contribution in [2.45, 2.75) is 19.4 Å². The van der Waals surface area contributed by atoms with Crippen LogP contribution < -0.4 is 5.32 Å². The molecule has 2 rings (SSSR count). The van der Waals surface area contributed by atoms with E-state index in [0.717, 1.165) is 23.6 Å². The third-order valence-electron chi connectivity index (χ3n) is 3.82. The quantitative estimate of drug-likeness (QED) is 0.866. The molecule has 0 spiro atoms. The van der Waals surface area contributed by atoms with Crippen molar-refractivity contribution in [3.8, 4) is 0 Å². The van der Waals surface area contributed by atoms with Crippen molar-refractivity contribution in [1.82, 2.24) is 5.32 Å². The van der Waals surface area contributed by atoms with Gasteiger partial charge in [-0.15, -0.1) is 0 Å². The van der Waals surface area contributed by atoms with E-state index in [1.165, 1.54) is 16.7 Å². The first-order valence-corrected chi connectivity index (χ1v) is 7.55. The van der Waals surface area contributed by atoms with Gasteiger partial charge >= 0.3 is 0 Å². The topological polar surface area (TPSA) is 21.3 Å². The molecule has 112 valence electrons. The summed E-state index contributed by atoms with van der Waals surface area (Å²) in [6.45, 7) is 2.82. The van der Waals surface area contributed by atoms with Crippen molar-refractivity contribution < 1.29 is 4.74 Å². The van der Waals surface area contributed by atoms with Crippen LogP contribution in [0.4, 0.5) is 0 Å². The van der Waals surface area contributed by atoms with Crippen molar-refractivity contribution in [3.05, 3.63) is 69.7 Å². The molecule has 0 amide bonds. The maximum absolute atomic E-state index is 6.24. The van der Waals surface area contributed by atoms with Gasteiger partial charge < -0.3 is 10.1 Å². The van der Waals surface area contributed by atoms with Crippen LogP contribution in [-0.4, -0.2) is 20.8 Å². The van der Waals surface area contributed by atoms with Crippen LogP contribution in [0.1, 0.15) is 28.3 Å². The minimum Gasteiger partial charge on any atom is -0.384 e. The molecule has 1 atom stereocenters. The van der Waals surface area contributed by atoms with Crippen LogP contribution in [0.25, 0.3) is 0 Å². The molecule has 2 aromatic rings. The Morgan fingerprint density at radius 1 is 1.14 bits per heavy atom. The van der Waals surface area contributed by atoms with Gasteiger partial charge in [0.15, 0.2) is 0 Å². The number of methoxy groups -OCH3 is 1. The molecule has 0 saturated heterocycles. The van der Waals surface area contributed by atoms with Gasteiger partial charge in [0.05, 0.1) is 12.6 Å². The Kier molecular flexibility index (Phi) is 5.80. The second-order valence-electron chi connectivity index (χ2n) is 5.16. The van der Waals surface area contributed by atoms with Gasteiger partial charge in [-0.05, 0) is 48.7 Å². The fourth-order valence-electron chi connectivity index (χ4n) is 2.54. The van der Waals surface area contributed by atoms with E-state index in [9.17, 15) is 0 Å². The Morgan fingerprint density at radius 2 is 1.86 bits per heavy atom. The second-order valence-corrected chi connectivity index (χ2v) is 5.57. The third kappa shape index (κ3) is 3.85. The highest BCUT2D eigenvalue weighted by Gasteiger charge is 2.15. The maximum atomic E-state index is 6.24. The summed E-state index contributed by atoms with van der Waals surface area (Å²) in [6.07, 6.45) is 0.942. The average molecular weight is 304 g/mol. The molecule has 21 heavy (non-hydrogen) atoms. The maximum Gasteiger partial charge on any atom is 0.0577 e. The summed E-state index contributed by atoms with van der Waals surface area (Å²) >= 11 is 6.24. The van der Waals surface area contributed by atoms with Crippen LogP contribution in [0.2, 0.25) is 5.02 Å². The van der Waals surface area contributed by atoms with Crippen LogP contribution in [0.5, 0.6) is 0 Å². The molecule has 0 radical (unpaired) electrons. The van der Waals surface area contributed by atoms with E-state index in [0.29, 0.717) is 0 Å². The van der Waals surface area contributed by atoms with Gasteiger partial charge in [-0.25, -0.2) is 0 Å². The lowest BCUT2D eigenvalue weighted by molar-refractivity contribution is 0.202. The lowest BCUT2D eigenvalue weighted by Gasteiger charge is -2.20. The first-order chi connectivity index (χ1) is 10.2. The lowest BCUT2D eigenvalue weighted by atomic mass is 9.94. The summed E-state index contributed by atoms with van der Waals surface area (Å²) in [4.78, 5) is 0. The van der Waals surface area contributed by atoms with Gasteiger partial charge in [-0.2, -0.15) is 0 Å². The summed E-state index contributed by atoms with van der Waals surface area (Å²) in [7, 11) is 3.71. The minimum absolute atomic E-state index is 0.153. The summed E-state index contributed by atoms with van der Waals surface area (Å²) in [5, 5.41) is 4.19. The number of benzene rings is 2. The number of hydrogen-bond donors (Lipinski definition) is 1. The van der Waals surface area contributed by atoms with Gasteiger partial charge in [0, 0.05) is 12.1 Å².